The largest absolute Gasteiger partial charge is 0.494 e. The van der Waals surface area contributed by atoms with Gasteiger partial charge in [-0.25, -0.2) is 9.50 Å². The Kier molecular flexibility index (Phi) is 3.76. The Balaban J connectivity index is 1.64. The van der Waals surface area contributed by atoms with Crippen molar-refractivity contribution < 1.29 is 22.3 Å². The van der Waals surface area contributed by atoms with Crippen LogP contribution in [-0.2, 0) is 12.6 Å². The van der Waals surface area contributed by atoms with Gasteiger partial charge in [0.05, 0.1) is 24.8 Å². The summed E-state index contributed by atoms with van der Waals surface area (Å²) >= 11 is 0. The second kappa shape index (κ2) is 6.22. The molecule has 5 rings (SSSR count). The number of nitrogens with zero attached hydrogens (tertiary/aromatic N) is 6. The van der Waals surface area contributed by atoms with E-state index in [0.29, 0.717) is 35.6 Å². The zero-order valence-electron chi connectivity index (χ0n) is 15.0. The zero-order valence-corrected chi connectivity index (χ0v) is 15.0. The molecule has 4 aromatic rings. The molecule has 150 valence electrons. The number of rotatable bonds is 3. The fourth-order valence-corrected chi connectivity index (χ4v) is 3.54. The van der Waals surface area contributed by atoms with Gasteiger partial charge in [-0.15, -0.1) is 5.10 Å². The van der Waals surface area contributed by atoms with Crippen LogP contribution in [0.25, 0.3) is 5.52 Å². The minimum absolute atomic E-state index is 0.236. The average Bonchev–Trinajstić information content (AvgIpc) is 3.44. The van der Waals surface area contributed by atoms with Crippen molar-refractivity contribution in [3.8, 4) is 5.75 Å². The molecule has 9 nitrogen and oxygen atoms in total. The highest BCUT2D eigenvalue weighted by molar-refractivity contribution is 5.61. The molecule has 0 radical (unpaired) electrons. The number of aromatic nitrogens is 6. The van der Waals surface area contributed by atoms with Crippen molar-refractivity contribution in [2.75, 3.05) is 18.6 Å². The van der Waals surface area contributed by atoms with Crippen LogP contribution in [0.5, 0.6) is 5.75 Å². The van der Waals surface area contributed by atoms with E-state index in [9.17, 15) is 13.2 Å². The van der Waals surface area contributed by atoms with E-state index in [0.717, 1.165) is 5.69 Å². The van der Waals surface area contributed by atoms with Crippen molar-refractivity contribution in [1.29, 1.82) is 0 Å². The molecule has 12 heteroatoms. The minimum atomic E-state index is -4.72. The number of alkyl halides is 3. The van der Waals surface area contributed by atoms with Crippen LogP contribution < -0.4 is 9.64 Å². The Bertz CT molecular complexity index is 1180. The number of imidazole rings is 1. The summed E-state index contributed by atoms with van der Waals surface area (Å²) in [6, 6.07) is 4.56. The number of nitrogens with one attached hydrogen (secondary N) is 1. The number of ether oxygens (including phenoxy) is 1. The van der Waals surface area contributed by atoms with E-state index in [1.165, 1.54) is 0 Å². The lowest BCUT2D eigenvalue weighted by molar-refractivity contribution is -0.157. The van der Waals surface area contributed by atoms with Crippen molar-refractivity contribution in [1.82, 2.24) is 29.8 Å². The van der Waals surface area contributed by atoms with Crippen molar-refractivity contribution in [3.05, 3.63) is 53.7 Å². The fourth-order valence-electron chi connectivity index (χ4n) is 3.54. The van der Waals surface area contributed by atoms with Gasteiger partial charge in [-0.2, -0.15) is 18.3 Å². The lowest BCUT2D eigenvalue weighted by atomic mass is 10.0. The Morgan fingerprint density at radius 2 is 2.17 bits per heavy atom. The third-order valence-electron chi connectivity index (χ3n) is 4.81. The highest BCUT2D eigenvalue weighted by Crippen LogP contribution is 2.38. The van der Waals surface area contributed by atoms with E-state index in [-0.39, 0.29) is 6.01 Å². The predicted octanol–water partition coefficient (Wildman–Crippen LogP) is 2.62. The number of anilines is 1. The smallest absolute Gasteiger partial charge is 0.470 e. The molecule has 0 spiro atoms. The lowest BCUT2D eigenvalue weighted by Crippen LogP contribution is -2.37. The molecule has 1 N–H and O–H groups in total. The topological polar surface area (TPSA) is 97.4 Å². The number of halogens is 3. The van der Waals surface area contributed by atoms with Crippen LogP contribution in [0.3, 0.4) is 0 Å². The normalized spacial score (nSPS) is 17.0. The third-order valence-corrected chi connectivity index (χ3v) is 4.81. The second-order valence-corrected chi connectivity index (χ2v) is 6.48. The molecule has 4 aromatic heterocycles. The molecule has 0 saturated carbocycles. The maximum absolute atomic E-state index is 12.9. The van der Waals surface area contributed by atoms with Crippen LogP contribution >= 0.6 is 0 Å². The van der Waals surface area contributed by atoms with Crippen LogP contribution in [0.4, 0.5) is 19.2 Å². The van der Waals surface area contributed by atoms with E-state index >= 15 is 0 Å². The van der Waals surface area contributed by atoms with Gasteiger partial charge in [0.25, 0.3) is 0 Å². The maximum Gasteiger partial charge on any atom is 0.470 e. The quantitative estimate of drug-likeness (QED) is 0.560. The molecule has 0 aromatic carbocycles. The van der Waals surface area contributed by atoms with Gasteiger partial charge in [0.15, 0.2) is 0 Å². The number of hydrogen-bond acceptors (Lipinski definition) is 7. The minimum Gasteiger partial charge on any atom is -0.494 e. The van der Waals surface area contributed by atoms with Gasteiger partial charge in [0.1, 0.15) is 17.3 Å². The zero-order chi connectivity index (χ0) is 20.2. The monoisotopic (exact) mass is 405 g/mol. The number of H-pyrrole nitrogens is 1. The molecule has 0 fully saturated rings. The van der Waals surface area contributed by atoms with Crippen molar-refractivity contribution in [2.45, 2.75) is 18.6 Å². The van der Waals surface area contributed by atoms with Crippen molar-refractivity contribution >= 4 is 11.5 Å². The molecule has 1 aliphatic heterocycles. The summed E-state index contributed by atoms with van der Waals surface area (Å²) in [5.41, 5.74) is 2.81. The summed E-state index contributed by atoms with van der Waals surface area (Å²) in [5.74, 6) is -0.774. The molecule has 1 aliphatic rings. The average molecular weight is 405 g/mol. The number of hydrogen-bond donors (Lipinski definition) is 1. The van der Waals surface area contributed by atoms with E-state index in [2.05, 4.69) is 25.3 Å². The van der Waals surface area contributed by atoms with Crippen molar-refractivity contribution in [3.63, 3.8) is 0 Å². The van der Waals surface area contributed by atoms with E-state index in [1.54, 1.807) is 47.2 Å². The Labute approximate surface area is 161 Å². The first-order valence-electron chi connectivity index (χ1n) is 8.67. The third kappa shape index (κ3) is 2.79. The van der Waals surface area contributed by atoms with E-state index in [1.807, 2.05) is 0 Å². The summed E-state index contributed by atoms with van der Waals surface area (Å²) in [5, 5.41) is 11.4. The highest BCUT2D eigenvalue weighted by Gasteiger charge is 2.41. The molecule has 0 saturated heterocycles. The van der Waals surface area contributed by atoms with Gasteiger partial charge in [-0.1, -0.05) is 5.10 Å². The molecular weight excluding hydrogens is 391 g/mol. The van der Waals surface area contributed by atoms with E-state index < -0.39 is 18.1 Å². The molecule has 29 heavy (non-hydrogen) atoms. The molecule has 0 aliphatic carbocycles. The second-order valence-electron chi connectivity index (χ2n) is 6.48. The van der Waals surface area contributed by atoms with Gasteiger partial charge in [0.2, 0.25) is 0 Å². The van der Waals surface area contributed by atoms with Crippen molar-refractivity contribution in [2.24, 2.45) is 0 Å². The molecule has 0 bridgehead atoms. The number of methoxy groups -OCH3 is 1. The Hall–Kier alpha value is -3.57. The van der Waals surface area contributed by atoms with Crippen LogP contribution in [0.2, 0.25) is 0 Å². The van der Waals surface area contributed by atoms with Crippen LogP contribution in [-0.4, -0.2) is 43.4 Å². The summed E-state index contributed by atoms with van der Waals surface area (Å²) < 4.78 is 50.8. The van der Waals surface area contributed by atoms with Crippen LogP contribution in [0.1, 0.15) is 29.0 Å². The van der Waals surface area contributed by atoms with Gasteiger partial charge in [-0.3, -0.25) is 0 Å². The Morgan fingerprint density at radius 1 is 1.31 bits per heavy atom. The SMILES string of the molecule is COc1cccn2nc(C3c4nc[nH]c4CCN3c3nnc(C(F)(F)F)o3)cc12. The number of fused-ring (bicyclic) bond motifs is 2. The summed E-state index contributed by atoms with van der Waals surface area (Å²) in [7, 11) is 1.55. The lowest BCUT2D eigenvalue weighted by Gasteiger charge is -2.32. The maximum atomic E-state index is 12.9. The summed E-state index contributed by atoms with van der Waals surface area (Å²) in [4.78, 5) is 9.02. The van der Waals surface area contributed by atoms with Crippen LogP contribution in [0.15, 0.2) is 35.1 Å². The molecule has 1 unspecified atom stereocenters. The summed E-state index contributed by atoms with van der Waals surface area (Å²) in [6.45, 7) is 0.352. The number of pyridine rings is 1. The van der Waals surface area contributed by atoms with Crippen LogP contribution in [0, 0.1) is 0 Å². The Morgan fingerprint density at radius 3 is 2.93 bits per heavy atom. The fraction of sp³-hybridized carbons (Fsp3) is 0.294. The van der Waals surface area contributed by atoms with E-state index in [4.69, 9.17) is 9.15 Å². The van der Waals surface area contributed by atoms with Gasteiger partial charge in [0, 0.05) is 24.9 Å². The molecule has 0 amide bonds. The predicted molar refractivity (Wildman–Crippen MR) is 92.5 cm³/mol. The van der Waals surface area contributed by atoms with Gasteiger partial charge >= 0.3 is 18.1 Å². The first-order chi connectivity index (χ1) is 14.0. The molecular formula is C17H14F3N7O2. The van der Waals surface area contributed by atoms with Gasteiger partial charge < -0.3 is 19.0 Å². The summed E-state index contributed by atoms with van der Waals surface area (Å²) in [6.07, 6.45) is -0.877. The molecule has 1 atom stereocenters. The highest BCUT2D eigenvalue weighted by atomic mass is 19.4. The number of aromatic amines is 1. The standard InChI is InChI=1S/C17H14F3N7O2/c1-28-12-3-2-5-27-11(12)7-10(25-27)14-13-9(21-8-22-13)4-6-26(14)16-24-23-15(29-16)17(18,19)20/h2-3,5,7-8,14H,4,6H2,1H3,(H,21,22). The first-order valence-corrected chi connectivity index (χ1v) is 8.67. The van der Waals surface area contributed by atoms with Gasteiger partial charge in [-0.05, 0) is 18.2 Å². The molecule has 5 heterocycles. The first kappa shape index (κ1) is 17.5.